The Bertz CT molecular complexity index is 899. The van der Waals surface area contributed by atoms with Gasteiger partial charge >= 0.3 is 0 Å². The second-order valence-corrected chi connectivity index (χ2v) is 8.01. The van der Waals surface area contributed by atoms with E-state index < -0.39 is 9.05 Å². The van der Waals surface area contributed by atoms with Crippen LogP contribution in [-0.2, 0) is 21.9 Å². The number of rotatable bonds is 4. The molecule has 3 rings (SSSR count). The molecule has 0 unspecified atom stereocenters. The highest BCUT2D eigenvalue weighted by molar-refractivity contribution is 8.13. The first kappa shape index (κ1) is 16.9. The van der Waals surface area contributed by atoms with Gasteiger partial charge in [0, 0.05) is 29.2 Å². The largest absolute Gasteiger partial charge is 0.330 e. The third kappa shape index (κ3) is 3.28. The third-order valence-corrected chi connectivity index (χ3v) is 5.09. The topological polar surface area (TPSA) is 93.4 Å². The number of nitrogens with two attached hydrogens (primary N) is 1. The molecule has 2 aromatic rings. The summed E-state index contributed by atoms with van der Waals surface area (Å²) in [4.78, 5) is 18.4. The van der Waals surface area contributed by atoms with Gasteiger partial charge in [-0.3, -0.25) is 4.79 Å². The van der Waals surface area contributed by atoms with Crippen LogP contribution in [0.15, 0.2) is 41.4 Å². The van der Waals surface area contributed by atoms with Crippen molar-refractivity contribution in [2.45, 2.75) is 17.9 Å². The van der Waals surface area contributed by atoms with E-state index in [1.807, 2.05) is 18.2 Å². The maximum Gasteiger partial charge on any atom is 0.278 e. The minimum absolute atomic E-state index is 0.143. The number of aromatic nitrogens is 1. The summed E-state index contributed by atoms with van der Waals surface area (Å²) in [6, 6.07) is 10.2. The molecule has 2 N–H and O–H groups in total. The Morgan fingerprint density at radius 3 is 2.79 bits per heavy atom. The lowest BCUT2D eigenvalue weighted by Crippen LogP contribution is -2.29. The minimum atomic E-state index is -3.88. The Morgan fingerprint density at radius 2 is 2.08 bits per heavy atom. The molecule has 0 aliphatic carbocycles. The smallest absolute Gasteiger partial charge is 0.278 e. The molecule has 126 valence electrons. The van der Waals surface area contributed by atoms with Gasteiger partial charge in [0.05, 0.1) is 11.4 Å². The summed E-state index contributed by atoms with van der Waals surface area (Å²) in [5.41, 5.74) is 8.31. The minimum Gasteiger partial charge on any atom is -0.330 e. The fourth-order valence-electron chi connectivity index (χ4n) is 2.77. The molecule has 2 heterocycles. The molecule has 0 fully saturated rings. The molecule has 0 spiro atoms. The van der Waals surface area contributed by atoms with E-state index in [-0.39, 0.29) is 10.9 Å². The molecule has 1 amide bonds. The molecule has 0 bridgehead atoms. The Kier molecular flexibility index (Phi) is 4.58. The molecular weight excluding hydrogens is 350 g/mol. The fraction of sp³-hybridized carbons (Fsp3) is 0.250. The lowest BCUT2D eigenvalue weighted by molar-refractivity contribution is 0.0989. The van der Waals surface area contributed by atoms with Gasteiger partial charge in [-0.25, -0.2) is 13.4 Å². The fourth-order valence-corrected chi connectivity index (χ4v) is 3.48. The van der Waals surface area contributed by atoms with E-state index in [0.29, 0.717) is 42.9 Å². The van der Waals surface area contributed by atoms with Crippen LogP contribution in [0.1, 0.15) is 21.6 Å². The van der Waals surface area contributed by atoms with Crippen LogP contribution in [0, 0.1) is 0 Å². The number of fused-ring (bicyclic) bond motifs is 1. The lowest BCUT2D eigenvalue weighted by atomic mass is 10.1. The Morgan fingerprint density at radius 1 is 1.29 bits per heavy atom. The highest BCUT2D eigenvalue weighted by Crippen LogP contribution is 2.29. The number of amides is 1. The zero-order valence-corrected chi connectivity index (χ0v) is 14.3. The van der Waals surface area contributed by atoms with Gasteiger partial charge in [0.2, 0.25) is 0 Å². The number of benzene rings is 1. The van der Waals surface area contributed by atoms with Crippen LogP contribution < -0.4 is 10.6 Å². The molecule has 6 nitrogen and oxygen atoms in total. The van der Waals surface area contributed by atoms with E-state index in [4.69, 9.17) is 16.4 Å². The summed E-state index contributed by atoms with van der Waals surface area (Å²) in [6.07, 6.45) is 1.19. The highest BCUT2D eigenvalue weighted by Gasteiger charge is 2.28. The van der Waals surface area contributed by atoms with E-state index in [0.717, 1.165) is 5.56 Å². The molecule has 0 saturated heterocycles. The second-order valence-electron chi connectivity index (χ2n) is 5.50. The molecule has 0 saturated carbocycles. The second kappa shape index (κ2) is 6.51. The van der Waals surface area contributed by atoms with Gasteiger partial charge in [-0.15, -0.1) is 0 Å². The van der Waals surface area contributed by atoms with E-state index in [9.17, 15) is 13.2 Å². The quantitative estimate of drug-likeness (QED) is 0.832. The van der Waals surface area contributed by atoms with Crippen molar-refractivity contribution < 1.29 is 13.2 Å². The number of pyridine rings is 1. The van der Waals surface area contributed by atoms with Crippen LogP contribution in [0.3, 0.4) is 0 Å². The Hall–Kier alpha value is -1.96. The van der Waals surface area contributed by atoms with Crippen LogP contribution in [0.25, 0.3) is 0 Å². The van der Waals surface area contributed by atoms with E-state index in [2.05, 4.69) is 4.98 Å². The summed E-state index contributed by atoms with van der Waals surface area (Å²) in [7, 11) is 1.44. The van der Waals surface area contributed by atoms with E-state index in [1.165, 1.54) is 6.07 Å². The first-order valence-corrected chi connectivity index (χ1v) is 9.76. The summed E-state index contributed by atoms with van der Waals surface area (Å²) in [5, 5.41) is -0.192. The van der Waals surface area contributed by atoms with E-state index >= 15 is 0 Å². The number of hydrogen-bond donors (Lipinski definition) is 1. The maximum atomic E-state index is 12.8. The molecule has 0 radical (unpaired) electrons. The van der Waals surface area contributed by atoms with Crippen LogP contribution in [0.4, 0.5) is 5.69 Å². The van der Waals surface area contributed by atoms with Crippen molar-refractivity contribution in [3.8, 4) is 0 Å². The predicted molar refractivity (Wildman–Crippen MR) is 91.9 cm³/mol. The first-order valence-electron chi connectivity index (χ1n) is 7.45. The monoisotopic (exact) mass is 365 g/mol. The molecular formula is C16H16ClN3O3S. The Labute approximate surface area is 144 Å². The molecule has 0 atom stereocenters. The number of nitrogens with zero attached hydrogens (tertiary/aromatic N) is 2. The molecule has 1 aromatic heterocycles. The molecule has 8 heteroatoms. The van der Waals surface area contributed by atoms with Crippen molar-refractivity contribution in [1.29, 1.82) is 0 Å². The maximum absolute atomic E-state index is 12.8. The predicted octanol–water partition coefficient (Wildman–Crippen LogP) is 1.71. The van der Waals surface area contributed by atoms with Crippen molar-refractivity contribution in [3.63, 3.8) is 0 Å². The normalized spacial score (nSPS) is 13.8. The van der Waals surface area contributed by atoms with Gasteiger partial charge in [0.15, 0.2) is 5.03 Å². The summed E-state index contributed by atoms with van der Waals surface area (Å²) in [5.74, 6) is -0.143. The SMILES string of the molecule is NCCc1cccc(C(=O)N2CCc3nc(S(=O)(=O)Cl)ccc32)c1. The van der Waals surface area contributed by atoms with Crippen LogP contribution >= 0.6 is 10.7 Å². The van der Waals surface area contributed by atoms with Gasteiger partial charge in [0.1, 0.15) is 0 Å². The molecule has 1 aromatic carbocycles. The number of carbonyl (C=O) groups excluding carboxylic acids is 1. The van der Waals surface area contributed by atoms with Gasteiger partial charge in [-0.05, 0) is 42.8 Å². The average molecular weight is 366 g/mol. The number of halogens is 1. The molecule has 1 aliphatic heterocycles. The van der Waals surface area contributed by atoms with Crippen LogP contribution in [-0.4, -0.2) is 32.4 Å². The average Bonchev–Trinajstić information content (AvgIpc) is 2.97. The summed E-state index contributed by atoms with van der Waals surface area (Å²) < 4.78 is 22.8. The molecule has 24 heavy (non-hydrogen) atoms. The van der Waals surface area contributed by atoms with E-state index in [1.54, 1.807) is 17.0 Å². The van der Waals surface area contributed by atoms with Crippen molar-refractivity contribution >= 4 is 31.3 Å². The van der Waals surface area contributed by atoms with Crippen LogP contribution in [0.5, 0.6) is 0 Å². The number of hydrogen-bond acceptors (Lipinski definition) is 5. The lowest BCUT2D eigenvalue weighted by Gasteiger charge is -2.17. The van der Waals surface area contributed by atoms with Gasteiger partial charge in [-0.2, -0.15) is 0 Å². The summed E-state index contributed by atoms with van der Waals surface area (Å²) >= 11 is 0. The van der Waals surface area contributed by atoms with Gasteiger partial charge in [-0.1, -0.05) is 12.1 Å². The van der Waals surface area contributed by atoms with Crippen molar-refractivity contribution in [2.24, 2.45) is 5.73 Å². The standard InChI is InChI=1S/C16H16ClN3O3S/c17-24(22,23)15-5-4-14-13(19-15)7-9-20(14)16(21)12-3-1-2-11(10-12)6-8-18/h1-5,10H,6-9,18H2. The first-order chi connectivity index (χ1) is 11.4. The highest BCUT2D eigenvalue weighted by atomic mass is 35.7. The zero-order chi connectivity index (χ0) is 17.3. The number of anilines is 1. The van der Waals surface area contributed by atoms with Crippen molar-refractivity contribution in [3.05, 3.63) is 53.2 Å². The third-order valence-electron chi connectivity index (χ3n) is 3.89. The zero-order valence-electron chi connectivity index (χ0n) is 12.8. The number of carbonyl (C=O) groups is 1. The van der Waals surface area contributed by atoms with Gasteiger partial charge < -0.3 is 10.6 Å². The molecule has 1 aliphatic rings. The van der Waals surface area contributed by atoms with Crippen molar-refractivity contribution in [1.82, 2.24) is 4.98 Å². The Balaban J connectivity index is 1.91. The van der Waals surface area contributed by atoms with Crippen molar-refractivity contribution in [2.75, 3.05) is 18.0 Å². The van der Waals surface area contributed by atoms with Gasteiger partial charge in [0.25, 0.3) is 15.0 Å². The summed E-state index contributed by atoms with van der Waals surface area (Å²) in [6.45, 7) is 0.970. The van der Waals surface area contributed by atoms with Crippen LogP contribution in [0.2, 0.25) is 0 Å².